The van der Waals surface area contributed by atoms with Crippen molar-refractivity contribution >= 4 is 17.4 Å². The number of hydrogen-bond donors (Lipinski definition) is 0. The van der Waals surface area contributed by atoms with Gasteiger partial charge in [0.1, 0.15) is 11.5 Å². The van der Waals surface area contributed by atoms with E-state index in [0.29, 0.717) is 24.8 Å². The van der Waals surface area contributed by atoms with E-state index < -0.39 is 17.4 Å². The fraction of sp³-hybridized carbons (Fsp3) is 0.684. The molecule has 27 heavy (non-hydrogen) atoms. The Morgan fingerprint density at radius 1 is 1.07 bits per heavy atom. The van der Waals surface area contributed by atoms with Crippen molar-refractivity contribution in [3.8, 4) is 11.5 Å². The van der Waals surface area contributed by atoms with Crippen LogP contribution in [0.1, 0.15) is 37.7 Å². The molecule has 1 aliphatic heterocycles. The van der Waals surface area contributed by atoms with Crippen LogP contribution >= 0.6 is 0 Å². The van der Waals surface area contributed by atoms with E-state index in [9.17, 15) is 0 Å². The normalized spacial score (nSPS) is 23.6. The van der Waals surface area contributed by atoms with E-state index in [1.54, 1.807) is 21.3 Å². The summed E-state index contributed by atoms with van der Waals surface area (Å²) in [4.78, 5) is 0. The lowest BCUT2D eigenvalue weighted by atomic mass is 10.0. The van der Waals surface area contributed by atoms with Gasteiger partial charge < -0.3 is 26.9 Å². The first kappa shape index (κ1) is 20.8. The zero-order chi connectivity index (χ0) is 19.3. The predicted octanol–water partition coefficient (Wildman–Crippen LogP) is 4.26. The lowest BCUT2D eigenvalue weighted by molar-refractivity contribution is 0.117. The maximum absolute atomic E-state index is 6.43. The van der Waals surface area contributed by atoms with Gasteiger partial charge in [0.25, 0.3) is 0 Å². The molecule has 1 heterocycles. The van der Waals surface area contributed by atoms with Crippen LogP contribution < -0.4 is 9.16 Å². The molecule has 0 aromatic heterocycles. The molecule has 0 amide bonds. The summed E-state index contributed by atoms with van der Waals surface area (Å²) < 4.78 is 34.9. The van der Waals surface area contributed by atoms with Crippen molar-refractivity contribution < 1.29 is 26.9 Å². The minimum Gasteiger partial charge on any atom is -0.520 e. The smallest absolute Gasteiger partial charge is 0.503 e. The maximum Gasteiger partial charge on any atom is 0.503 e. The first-order valence-corrected chi connectivity index (χ1v) is 14.1. The predicted molar refractivity (Wildman–Crippen MR) is 107 cm³/mol. The number of benzene rings is 1. The zero-order valence-electron chi connectivity index (χ0n) is 16.9. The Hall–Kier alpha value is -0.906. The fourth-order valence-electron chi connectivity index (χ4n) is 4.01. The molecular formula is C19H32O6Si2. The van der Waals surface area contributed by atoms with Crippen LogP contribution in [0.4, 0.5) is 0 Å². The first-order chi connectivity index (χ1) is 13.0. The molecule has 1 fully saturated rings. The van der Waals surface area contributed by atoms with Crippen LogP contribution in [0.3, 0.4) is 0 Å². The van der Waals surface area contributed by atoms with Crippen LogP contribution in [0.5, 0.6) is 11.5 Å². The van der Waals surface area contributed by atoms with E-state index in [1.807, 2.05) is 18.2 Å². The van der Waals surface area contributed by atoms with Crippen LogP contribution in [0.2, 0.25) is 18.1 Å². The summed E-state index contributed by atoms with van der Waals surface area (Å²) >= 11 is 0. The van der Waals surface area contributed by atoms with Gasteiger partial charge in [-0.15, -0.1) is 0 Å². The summed E-state index contributed by atoms with van der Waals surface area (Å²) in [5, 5.41) is 0. The molecule has 0 saturated heterocycles. The van der Waals surface area contributed by atoms with Crippen LogP contribution in [-0.2, 0) is 24.3 Å². The van der Waals surface area contributed by atoms with E-state index in [4.69, 9.17) is 26.9 Å². The molecule has 0 radical (unpaired) electrons. The van der Waals surface area contributed by atoms with Crippen molar-refractivity contribution in [3.63, 3.8) is 0 Å². The molecule has 3 rings (SSSR count). The van der Waals surface area contributed by atoms with Gasteiger partial charge in [0.05, 0.1) is 19.3 Å². The molecule has 8 heteroatoms. The van der Waals surface area contributed by atoms with Crippen LogP contribution in [0.15, 0.2) is 18.2 Å². The minimum atomic E-state index is -2.61. The van der Waals surface area contributed by atoms with Crippen molar-refractivity contribution in [2.24, 2.45) is 0 Å². The number of rotatable bonds is 8. The largest absolute Gasteiger partial charge is 0.520 e. The Morgan fingerprint density at radius 2 is 1.78 bits per heavy atom. The third kappa shape index (κ3) is 4.75. The Morgan fingerprint density at radius 3 is 2.44 bits per heavy atom. The third-order valence-corrected chi connectivity index (χ3v) is 11.9. The van der Waals surface area contributed by atoms with E-state index in [1.165, 1.54) is 32.1 Å². The van der Waals surface area contributed by atoms with Gasteiger partial charge in [-0.25, -0.2) is 0 Å². The van der Waals surface area contributed by atoms with Crippen LogP contribution in [0.25, 0.3) is 0 Å². The molecule has 6 nitrogen and oxygen atoms in total. The molecule has 152 valence electrons. The number of fused-ring (bicyclic) bond motifs is 1. The quantitative estimate of drug-likeness (QED) is 0.595. The van der Waals surface area contributed by atoms with E-state index in [2.05, 4.69) is 6.55 Å². The zero-order valence-corrected chi connectivity index (χ0v) is 18.9. The minimum absolute atomic E-state index is 0.469. The van der Waals surface area contributed by atoms with Gasteiger partial charge in [-0.05, 0) is 37.6 Å². The first-order valence-electron chi connectivity index (χ1n) is 9.78. The second-order valence-corrected chi connectivity index (χ2v) is 13.8. The van der Waals surface area contributed by atoms with E-state index in [0.717, 1.165) is 17.1 Å². The van der Waals surface area contributed by atoms with Gasteiger partial charge >= 0.3 is 17.4 Å². The van der Waals surface area contributed by atoms with Gasteiger partial charge in [0.2, 0.25) is 0 Å². The lowest BCUT2D eigenvalue weighted by Gasteiger charge is -2.40. The van der Waals surface area contributed by atoms with Crippen molar-refractivity contribution in [2.75, 3.05) is 27.9 Å². The molecule has 1 atom stereocenters. The summed E-state index contributed by atoms with van der Waals surface area (Å²) in [6.45, 7) is 3.30. The molecule has 0 N–H and O–H groups in total. The SMILES string of the molecule is CO[Si](CCOc1ccc2c(c1)CO[Si](C)(C1CCCCC1)O2)(OC)OC. The highest BCUT2D eigenvalue weighted by Crippen LogP contribution is 2.42. The van der Waals surface area contributed by atoms with Crippen molar-refractivity contribution in [1.82, 2.24) is 0 Å². The number of hydrogen-bond acceptors (Lipinski definition) is 6. The standard InChI is InChI=1S/C19H32O6Si2/c1-20-27(21-2,22-3)13-12-23-17-10-11-19-16(14-17)15-24-26(4,25-19)18-8-6-5-7-9-18/h10-11,14,18H,5-9,12-13,15H2,1-4H3. The fourth-order valence-corrected chi connectivity index (χ4v) is 8.47. The second-order valence-electron chi connectivity index (χ2n) is 7.41. The molecule has 0 bridgehead atoms. The summed E-state index contributed by atoms with van der Waals surface area (Å²) in [5.41, 5.74) is 1.66. The van der Waals surface area contributed by atoms with Gasteiger partial charge in [0.15, 0.2) is 0 Å². The molecule has 1 aromatic rings. The molecular weight excluding hydrogens is 380 g/mol. The topological polar surface area (TPSA) is 55.4 Å². The van der Waals surface area contributed by atoms with Gasteiger partial charge in [-0.3, -0.25) is 0 Å². The average Bonchev–Trinajstić information content (AvgIpc) is 2.72. The number of ether oxygens (including phenoxy) is 1. The summed E-state index contributed by atoms with van der Waals surface area (Å²) in [6.07, 6.45) is 6.42. The van der Waals surface area contributed by atoms with Crippen LogP contribution in [-0.4, -0.2) is 45.3 Å². The Labute approximate surface area is 164 Å². The van der Waals surface area contributed by atoms with Crippen LogP contribution in [0, 0.1) is 0 Å². The van der Waals surface area contributed by atoms with Gasteiger partial charge in [-0.1, -0.05) is 19.3 Å². The van der Waals surface area contributed by atoms with Crippen molar-refractivity contribution in [2.45, 2.75) is 56.8 Å². The van der Waals surface area contributed by atoms with E-state index >= 15 is 0 Å². The molecule has 1 aromatic carbocycles. The van der Waals surface area contributed by atoms with Crippen molar-refractivity contribution in [1.29, 1.82) is 0 Å². The van der Waals surface area contributed by atoms with Crippen molar-refractivity contribution in [3.05, 3.63) is 23.8 Å². The summed E-state index contributed by atoms with van der Waals surface area (Å²) in [6, 6.07) is 6.59. The molecule has 1 saturated carbocycles. The van der Waals surface area contributed by atoms with E-state index in [-0.39, 0.29) is 0 Å². The lowest BCUT2D eigenvalue weighted by Crippen LogP contribution is -2.49. The monoisotopic (exact) mass is 412 g/mol. The third-order valence-electron chi connectivity index (χ3n) is 5.82. The highest BCUT2D eigenvalue weighted by molar-refractivity contribution is 6.68. The summed E-state index contributed by atoms with van der Waals surface area (Å²) in [5.74, 6) is 1.76. The second kappa shape index (κ2) is 9.06. The Balaban J connectivity index is 1.60. The molecule has 1 aliphatic carbocycles. The maximum atomic E-state index is 6.43. The average molecular weight is 413 g/mol. The highest BCUT2D eigenvalue weighted by atomic mass is 28.4. The molecule has 2 aliphatic rings. The molecule has 1 unspecified atom stereocenters. The molecule has 0 spiro atoms. The Kier molecular flexibility index (Phi) is 6.99. The van der Waals surface area contributed by atoms with Gasteiger partial charge in [-0.2, -0.15) is 0 Å². The Bertz CT molecular complexity index is 610. The summed E-state index contributed by atoms with van der Waals surface area (Å²) in [7, 11) is 0.0721. The highest BCUT2D eigenvalue weighted by Gasteiger charge is 2.46. The van der Waals surface area contributed by atoms with Gasteiger partial charge in [0, 0.05) is 32.4 Å².